The fourth-order valence-corrected chi connectivity index (χ4v) is 3.28. The lowest BCUT2D eigenvalue weighted by Gasteiger charge is -2.26. The molecule has 2 N–H and O–H groups in total. The van der Waals surface area contributed by atoms with Crippen molar-refractivity contribution >= 4 is 0 Å². The average molecular weight is 417 g/mol. The average Bonchev–Trinajstić information content (AvgIpc) is 3.14. The maximum absolute atomic E-state index is 12.9. The summed E-state index contributed by atoms with van der Waals surface area (Å²) in [5, 5.41) is 13.9. The summed E-state index contributed by atoms with van der Waals surface area (Å²) in [4.78, 5) is 4.20. The normalized spacial score (nSPS) is 13.5. The van der Waals surface area contributed by atoms with Crippen molar-refractivity contribution in [3.63, 3.8) is 0 Å². The Morgan fingerprint density at radius 3 is 2.20 bits per heavy atom. The van der Waals surface area contributed by atoms with Gasteiger partial charge in [0.2, 0.25) is 0 Å². The Morgan fingerprint density at radius 2 is 1.63 bits per heavy atom. The predicted octanol–water partition coefficient (Wildman–Crippen LogP) is 5.63. The van der Waals surface area contributed by atoms with Gasteiger partial charge >= 0.3 is 6.18 Å². The van der Waals surface area contributed by atoms with Crippen molar-refractivity contribution in [2.75, 3.05) is 0 Å². The molecule has 160 valence electrons. The van der Waals surface area contributed by atoms with Crippen molar-refractivity contribution in [2.24, 2.45) is 0 Å². The van der Waals surface area contributed by atoms with Crippen LogP contribution in [-0.4, -0.2) is 20.2 Å². The molecular formula is C23H26F3N3O. The molecule has 7 heteroatoms. The van der Waals surface area contributed by atoms with Gasteiger partial charge in [-0.3, -0.25) is 5.32 Å². The summed E-state index contributed by atoms with van der Waals surface area (Å²) >= 11 is 0. The minimum absolute atomic E-state index is 0.324. The van der Waals surface area contributed by atoms with Crippen LogP contribution < -0.4 is 5.32 Å². The first-order chi connectivity index (χ1) is 14.0. The van der Waals surface area contributed by atoms with Crippen LogP contribution in [0, 0.1) is 0 Å². The van der Waals surface area contributed by atoms with Crippen LogP contribution in [0.3, 0.4) is 0 Å². The van der Waals surface area contributed by atoms with Gasteiger partial charge in [-0.2, -0.15) is 13.2 Å². The molecule has 1 heterocycles. The molecule has 0 aliphatic carbocycles. The summed E-state index contributed by atoms with van der Waals surface area (Å²) in [5.41, 5.74) is 2.66. The Labute approximate surface area is 174 Å². The molecule has 3 rings (SSSR count). The first kappa shape index (κ1) is 22.1. The molecule has 0 saturated heterocycles. The van der Waals surface area contributed by atoms with E-state index in [9.17, 15) is 18.3 Å². The fraction of sp³-hybridized carbons (Fsp3) is 0.348. The van der Waals surface area contributed by atoms with Crippen LogP contribution >= 0.6 is 0 Å². The maximum Gasteiger partial charge on any atom is 0.416 e. The van der Waals surface area contributed by atoms with E-state index in [2.05, 4.69) is 10.3 Å². The molecule has 0 aliphatic rings. The number of benzene rings is 2. The van der Waals surface area contributed by atoms with E-state index in [1.54, 1.807) is 18.6 Å². The summed E-state index contributed by atoms with van der Waals surface area (Å²) in [6, 6.07) is 10.6. The SMILES string of the molecule is CCn1cncc1-c1cc(-c2ccc(C(F)(F)F)cc2)cc(C(O)NC(C)(C)C)c1. The highest BCUT2D eigenvalue weighted by Gasteiger charge is 2.30. The number of alkyl halides is 3. The molecule has 0 amide bonds. The van der Waals surface area contributed by atoms with Gasteiger partial charge in [-0.15, -0.1) is 0 Å². The molecule has 0 bridgehead atoms. The summed E-state index contributed by atoms with van der Waals surface area (Å²) in [6.45, 7) is 8.56. The predicted molar refractivity (Wildman–Crippen MR) is 112 cm³/mol. The van der Waals surface area contributed by atoms with Crippen LogP contribution in [0.25, 0.3) is 22.4 Å². The molecule has 1 aromatic heterocycles. The molecule has 1 unspecified atom stereocenters. The van der Waals surface area contributed by atoms with Gasteiger partial charge in [-0.05, 0) is 74.7 Å². The number of rotatable bonds is 5. The molecule has 0 saturated carbocycles. The van der Waals surface area contributed by atoms with Gasteiger partial charge < -0.3 is 9.67 Å². The van der Waals surface area contributed by atoms with E-state index in [4.69, 9.17) is 0 Å². The van der Waals surface area contributed by atoms with Crippen molar-refractivity contribution in [3.8, 4) is 22.4 Å². The summed E-state index contributed by atoms with van der Waals surface area (Å²) in [5.74, 6) is 0. The van der Waals surface area contributed by atoms with Gasteiger partial charge in [0.25, 0.3) is 0 Å². The highest BCUT2D eigenvalue weighted by atomic mass is 19.4. The van der Waals surface area contributed by atoms with E-state index in [1.807, 2.05) is 44.4 Å². The number of aliphatic hydroxyl groups excluding tert-OH is 1. The Balaban J connectivity index is 2.10. The summed E-state index contributed by atoms with van der Waals surface area (Å²) < 4.78 is 40.8. The van der Waals surface area contributed by atoms with Gasteiger partial charge in [0.15, 0.2) is 0 Å². The van der Waals surface area contributed by atoms with Gasteiger partial charge in [-0.1, -0.05) is 12.1 Å². The maximum atomic E-state index is 12.9. The van der Waals surface area contributed by atoms with Crippen molar-refractivity contribution < 1.29 is 18.3 Å². The van der Waals surface area contributed by atoms with E-state index in [0.29, 0.717) is 11.1 Å². The number of aryl methyl sites for hydroxylation is 1. The molecule has 0 fully saturated rings. The number of hydrogen-bond donors (Lipinski definition) is 2. The fourth-order valence-electron chi connectivity index (χ4n) is 3.28. The van der Waals surface area contributed by atoms with Crippen LogP contribution in [0.5, 0.6) is 0 Å². The first-order valence-corrected chi connectivity index (χ1v) is 9.77. The van der Waals surface area contributed by atoms with E-state index in [0.717, 1.165) is 35.5 Å². The van der Waals surface area contributed by atoms with Crippen LogP contribution in [0.1, 0.15) is 45.0 Å². The van der Waals surface area contributed by atoms with Gasteiger partial charge in [0, 0.05) is 17.6 Å². The monoisotopic (exact) mass is 417 g/mol. The highest BCUT2D eigenvalue weighted by Crippen LogP contribution is 2.34. The molecule has 3 aromatic rings. The second-order valence-corrected chi connectivity index (χ2v) is 8.28. The lowest BCUT2D eigenvalue weighted by atomic mass is 9.96. The lowest BCUT2D eigenvalue weighted by molar-refractivity contribution is -0.137. The number of hydrogen-bond acceptors (Lipinski definition) is 3. The van der Waals surface area contributed by atoms with Crippen molar-refractivity contribution in [1.29, 1.82) is 0 Å². The third kappa shape index (κ3) is 5.09. The molecule has 1 atom stereocenters. The molecule has 0 aliphatic heterocycles. The quantitative estimate of drug-likeness (QED) is 0.529. The Hall–Kier alpha value is -2.64. The van der Waals surface area contributed by atoms with Gasteiger partial charge in [0.05, 0.1) is 23.8 Å². The number of imidazole rings is 1. The number of nitrogens with one attached hydrogen (secondary N) is 1. The third-order valence-corrected chi connectivity index (χ3v) is 4.74. The lowest BCUT2D eigenvalue weighted by Crippen LogP contribution is -2.38. The molecule has 30 heavy (non-hydrogen) atoms. The molecule has 4 nitrogen and oxygen atoms in total. The Bertz CT molecular complexity index is 1000. The second-order valence-electron chi connectivity index (χ2n) is 8.28. The van der Waals surface area contributed by atoms with Crippen molar-refractivity contribution in [1.82, 2.24) is 14.9 Å². The van der Waals surface area contributed by atoms with E-state index in [1.165, 1.54) is 12.1 Å². The van der Waals surface area contributed by atoms with Crippen LogP contribution in [-0.2, 0) is 12.7 Å². The summed E-state index contributed by atoms with van der Waals surface area (Å²) in [7, 11) is 0. The highest BCUT2D eigenvalue weighted by molar-refractivity contribution is 5.73. The zero-order valence-corrected chi connectivity index (χ0v) is 17.5. The van der Waals surface area contributed by atoms with E-state index in [-0.39, 0.29) is 5.54 Å². The number of halogens is 3. The summed E-state index contributed by atoms with van der Waals surface area (Å²) in [6.07, 6.45) is -1.85. The largest absolute Gasteiger partial charge is 0.416 e. The first-order valence-electron chi connectivity index (χ1n) is 9.77. The van der Waals surface area contributed by atoms with Crippen LogP contribution in [0.4, 0.5) is 13.2 Å². The number of nitrogens with zero attached hydrogens (tertiary/aromatic N) is 2. The molecule has 0 spiro atoms. The zero-order valence-electron chi connectivity index (χ0n) is 17.5. The molecule has 2 aromatic carbocycles. The minimum Gasteiger partial charge on any atom is -0.374 e. The van der Waals surface area contributed by atoms with Crippen LogP contribution in [0.2, 0.25) is 0 Å². The van der Waals surface area contributed by atoms with E-state index < -0.39 is 18.0 Å². The number of aliphatic hydroxyl groups is 1. The smallest absolute Gasteiger partial charge is 0.374 e. The minimum atomic E-state index is -4.38. The van der Waals surface area contributed by atoms with Gasteiger partial charge in [-0.25, -0.2) is 4.98 Å². The van der Waals surface area contributed by atoms with E-state index >= 15 is 0 Å². The zero-order chi connectivity index (χ0) is 22.1. The Kier molecular flexibility index (Phi) is 6.06. The van der Waals surface area contributed by atoms with Crippen LogP contribution in [0.15, 0.2) is 55.0 Å². The topological polar surface area (TPSA) is 50.1 Å². The Morgan fingerprint density at radius 1 is 1.00 bits per heavy atom. The number of aromatic nitrogens is 2. The van der Waals surface area contributed by atoms with Gasteiger partial charge in [0.1, 0.15) is 6.23 Å². The molecule has 0 radical (unpaired) electrons. The third-order valence-electron chi connectivity index (χ3n) is 4.74. The standard InChI is InChI=1S/C23H26F3N3O/c1-5-29-14-27-13-20(29)17-10-16(11-18(12-17)21(30)28-22(2,3)4)15-6-8-19(9-7-15)23(24,25)26/h6-14,21,28,30H,5H2,1-4H3. The second kappa shape index (κ2) is 8.24. The van der Waals surface area contributed by atoms with Crippen molar-refractivity contribution in [2.45, 2.75) is 52.2 Å². The van der Waals surface area contributed by atoms with Crippen molar-refractivity contribution in [3.05, 3.63) is 66.1 Å². The molecular weight excluding hydrogens is 391 g/mol.